The highest BCUT2D eigenvalue weighted by Crippen LogP contribution is 2.32. The van der Waals surface area contributed by atoms with Gasteiger partial charge in [-0.05, 0) is 6.42 Å². The molecule has 2 saturated heterocycles. The predicted molar refractivity (Wildman–Crippen MR) is 72.5 cm³/mol. The van der Waals surface area contributed by atoms with Crippen LogP contribution in [0.3, 0.4) is 0 Å². The van der Waals surface area contributed by atoms with Crippen molar-refractivity contribution in [1.82, 2.24) is 30.2 Å². The van der Waals surface area contributed by atoms with E-state index in [1.54, 1.807) is 10.5 Å². The fraction of sp³-hybridized carbons (Fsp3) is 0.818. The van der Waals surface area contributed by atoms with Crippen LogP contribution in [0.15, 0.2) is 6.20 Å². The number of fused-ring (bicyclic) bond motifs is 3. The number of nitrogens with zero attached hydrogens (tertiary/aromatic N) is 4. The number of piperidine rings is 1. The zero-order valence-corrected chi connectivity index (χ0v) is 12.3. The third kappa shape index (κ3) is 2.18. The van der Waals surface area contributed by atoms with Crippen LogP contribution in [0.1, 0.15) is 18.2 Å². The minimum Gasteiger partial charge on any atom is -0.368 e. The zero-order chi connectivity index (χ0) is 14.4. The van der Waals surface area contributed by atoms with Gasteiger partial charge in [0.05, 0.1) is 30.6 Å². The fourth-order valence-electron chi connectivity index (χ4n) is 3.26. The number of ether oxygens (including phenoxy) is 1. The minimum atomic E-state index is -3.29. The molecule has 4 rings (SSSR count). The maximum Gasteiger partial charge on any atom is 0.219 e. The number of hydrazine groups is 1. The van der Waals surface area contributed by atoms with E-state index < -0.39 is 15.3 Å². The van der Waals surface area contributed by atoms with E-state index in [2.05, 4.69) is 21.2 Å². The number of hydrogen-bond donors (Lipinski definition) is 2. The van der Waals surface area contributed by atoms with Crippen molar-refractivity contribution in [3.63, 3.8) is 0 Å². The van der Waals surface area contributed by atoms with Crippen LogP contribution in [-0.4, -0.2) is 65.2 Å². The van der Waals surface area contributed by atoms with Crippen LogP contribution in [0, 0.1) is 0 Å². The fourth-order valence-corrected chi connectivity index (χ4v) is 4.98. The van der Waals surface area contributed by atoms with Gasteiger partial charge in [-0.2, -0.15) is 4.31 Å². The molecule has 10 heteroatoms. The Hall–Kier alpha value is -1.07. The lowest BCUT2D eigenvalue weighted by molar-refractivity contribution is -0.0544. The molecule has 0 bridgehead atoms. The van der Waals surface area contributed by atoms with Crippen LogP contribution in [0.25, 0.3) is 0 Å². The van der Waals surface area contributed by atoms with E-state index in [9.17, 15) is 8.42 Å². The van der Waals surface area contributed by atoms with Crippen molar-refractivity contribution in [1.29, 1.82) is 0 Å². The number of aromatic nitrogens is 3. The smallest absolute Gasteiger partial charge is 0.219 e. The molecular formula is C11H18N6O3S. The first-order valence-corrected chi connectivity index (χ1v) is 8.62. The Labute approximate surface area is 122 Å². The first-order chi connectivity index (χ1) is 10.2. The molecule has 116 valence electrons. The molecule has 0 spiro atoms. The Morgan fingerprint density at radius 3 is 2.95 bits per heavy atom. The predicted octanol–water partition coefficient (Wildman–Crippen LogP) is -1.77. The first-order valence-electron chi connectivity index (χ1n) is 7.11. The average molecular weight is 314 g/mol. The van der Waals surface area contributed by atoms with Gasteiger partial charge in [0.2, 0.25) is 10.0 Å². The van der Waals surface area contributed by atoms with Crippen LogP contribution in [0.4, 0.5) is 0 Å². The molecule has 3 aliphatic rings. The lowest BCUT2D eigenvalue weighted by Crippen LogP contribution is -2.53. The lowest BCUT2D eigenvalue weighted by atomic mass is 10.0. The molecule has 9 nitrogen and oxygen atoms in total. The topological polar surface area (TPSA) is 101 Å². The highest BCUT2D eigenvalue weighted by atomic mass is 32.2. The van der Waals surface area contributed by atoms with Crippen molar-refractivity contribution in [3.8, 4) is 0 Å². The maximum absolute atomic E-state index is 12.6. The zero-order valence-electron chi connectivity index (χ0n) is 11.5. The Bertz CT molecular complexity index is 626. The molecule has 0 saturated carbocycles. The number of nitrogens with one attached hydrogen (secondary N) is 2. The van der Waals surface area contributed by atoms with Gasteiger partial charge in [0.15, 0.2) is 0 Å². The van der Waals surface area contributed by atoms with Gasteiger partial charge in [-0.1, -0.05) is 5.21 Å². The second-order valence-corrected chi connectivity index (χ2v) is 7.88. The van der Waals surface area contributed by atoms with Crippen molar-refractivity contribution in [2.24, 2.45) is 0 Å². The highest BCUT2D eigenvalue weighted by molar-refractivity contribution is 7.89. The van der Waals surface area contributed by atoms with Gasteiger partial charge in [0.1, 0.15) is 5.25 Å². The van der Waals surface area contributed by atoms with Crippen LogP contribution >= 0.6 is 0 Å². The SMILES string of the molecule is O=S(=O)(C1CNNC1)N1CC[C@H]2[C@H](C1)OCc1cnnn12. The molecule has 4 heterocycles. The van der Waals surface area contributed by atoms with Gasteiger partial charge in [-0.3, -0.25) is 10.9 Å². The van der Waals surface area contributed by atoms with Crippen molar-refractivity contribution >= 4 is 10.0 Å². The van der Waals surface area contributed by atoms with E-state index in [1.165, 1.54) is 0 Å². The Balaban J connectivity index is 1.53. The summed E-state index contributed by atoms with van der Waals surface area (Å²) in [6.45, 7) is 2.22. The van der Waals surface area contributed by atoms with Gasteiger partial charge >= 0.3 is 0 Å². The summed E-state index contributed by atoms with van der Waals surface area (Å²) < 4.78 is 34.5. The summed E-state index contributed by atoms with van der Waals surface area (Å²) in [6, 6.07) is 0.0857. The third-order valence-electron chi connectivity index (χ3n) is 4.46. The number of sulfonamides is 1. The third-order valence-corrected chi connectivity index (χ3v) is 6.69. The summed E-state index contributed by atoms with van der Waals surface area (Å²) in [5.41, 5.74) is 6.70. The van der Waals surface area contributed by atoms with Crippen molar-refractivity contribution < 1.29 is 13.2 Å². The first kappa shape index (κ1) is 13.6. The Morgan fingerprint density at radius 1 is 1.33 bits per heavy atom. The summed E-state index contributed by atoms with van der Waals surface area (Å²) in [5.74, 6) is 0. The van der Waals surface area contributed by atoms with E-state index in [4.69, 9.17) is 4.74 Å². The second-order valence-electron chi connectivity index (χ2n) is 5.66. The van der Waals surface area contributed by atoms with E-state index in [1.807, 2.05) is 4.68 Å². The van der Waals surface area contributed by atoms with Gasteiger partial charge in [-0.15, -0.1) is 5.10 Å². The van der Waals surface area contributed by atoms with Crippen molar-refractivity contribution in [3.05, 3.63) is 11.9 Å². The summed E-state index contributed by atoms with van der Waals surface area (Å²) in [7, 11) is -3.29. The molecule has 1 aromatic heterocycles. The van der Waals surface area contributed by atoms with E-state index in [-0.39, 0.29) is 12.1 Å². The van der Waals surface area contributed by atoms with Gasteiger partial charge in [0.25, 0.3) is 0 Å². The average Bonchev–Trinajstić information content (AvgIpc) is 3.17. The molecule has 2 N–H and O–H groups in total. The van der Waals surface area contributed by atoms with E-state index >= 15 is 0 Å². The number of hydrogen-bond acceptors (Lipinski definition) is 7. The molecular weight excluding hydrogens is 296 g/mol. The summed E-state index contributed by atoms with van der Waals surface area (Å²) in [6.07, 6.45) is 2.26. The van der Waals surface area contributed by atoms with Gasteiger partial charge < -0.3 is 4.74 Å². The second kappa shape index (κ2) is 4.99. The molecule has 1 aromatic rings. The van der Waals surface area contributed by atoms with Gasteiger partial charge in [-0.25, -0.2) is 13.1 Å². The Kier molecular flexibility index (Phi) is 3.23. The quantitative estimate of drug-likeness (QED) is 0.666. The summed E-state index contributed by atoms with van der Waals surface area (Å²) >= 11 is 0. The monoisotopic (exact) mass is 314 g/mol. The molecule has 0 unspecified atom stereocenters. The standard InChI is InChI=1S/C11H18N6O3S/c18-21(19,9-4-12-13-5-9)16-2-1-10-11(6-16)20-7-8-3-14-15-17(8)10/h3,9-13H,1-2,4-7H2/t10-,11-/m0/s1. The maximum atomic E-state index is 12.6. The van der Waals surface area contributed by atoms with Crippen molar-refractivity contribution in [2.75, 3.05) is 26.2 Å². The lowest BCUT2D eigenvalue weighted by Gasteiger charge is -2.40. The molecule has 2 fully saturated rings. The Morgan fingerprint density at radius 2 is 2.14 bits per heavy atom. The molecule has 0 aromatic carbocycles. The molecule has 3 aliphatic heterocycles. The molecule has 0 aliphatic carbocycles. The van der Waals surface area contributed by atoms with Gasteiger partial charge in [0, 0.05) is 26.2 Å². The number of rotatable bonds is 2. The van der Waals surface area contributed by atoms with Crippen LogP contribution < -0.4 is 10.9 Å². The molecule has 2 atom stereocenters. The summed E-state index contributed by atoms with van der Waals surface area (Å²) in [5, 5.41) is 7.61. The van der Waals surface area contributed by atoms with Crippen LogP contribution in [0.2, 0.25) is 0 Å². The van der Waals surface area contributed by atoms with E-state index in [0.717, 1.165) is 5.69 Å². The minimum absolute atomic E-state index is 0.0857. The molecule has 21 heavy (non-hydrogen) atoms. The normalized spacial score (nSPS) is 31.0. The highest BCUT2D eigenvalue weighted by Gasteiger charge is 2.42. The van der Waals surface area contributed by atoms with Crippen LogP contribution in [0.5, 0.6) is 0 Å². The summed E-state index contributed by atoms with van der Waals surface area (Å²) in [4.78, 5) is 0. The molecule has 0 amide bonds. The molecule has 0 radical (unpaired) electrons. The van der Waals surface area contributed by atoms with Crippen molar-refractivity contribution in [2.45, 2.75) is 30.4 Å². The van der Waals surface area contributed by atoms with Crippen LogP contribution in [-0.2, 0) is 21.4 Å². The van der Waals surface area contributed by atoms with E-state index in [0.29, 0.717) is 39.2 Å². The largest absolute Gasteiger partial charge is 0.368 e.